The second-order valence-electron chi connectivity index (χ2n) is 18.0. The molecule has 0 aliphatic carbocycles. The first kappa shape index (κ1) is 45.1. The lowest BCUT2D eigenvalue weighted by molar-refractivity contribution is -0.155. The number of aromatic nitrogens is 3. The Morgan fingerprint density at radius 1 is 1.13 bits per heavy atom. The number of alkyl halides is 1. The minimum atomic E-state index is -1.08. The second-order valence-corrected chi connectivity index (χ2v) is 19.0. The minimum Gasteiger partial charge on any atom is -0.464 e. The predicted octanol–water partition coefficient (Wildman–Crippen LogP) is 6.71. The summed E-state index contributed by atoms with van der Waals surface area (Å²) < 4.78 is 28.1. The van der Waals surface area contributed by atoms with Crippen molar-refractivity contribution in [3.8, 4) is 22.5 Å². The lowest BCUT2D eigenvalue weighted by Gasteiger charge is -2.38. The van der Waals surface area contributed by atoms with Crippen molar-refractivity contribution in [1.82, 2.24) is 40.1 Å². The number of ether oxygens (including phenoxy) is 2. The Balaban J connectivity index is 1.28. The van der Waals surface area contributed by atoms with Gasteiger partial charge in [-0.1, -0.05) is 33.8 Å². The molecule has 334 valence electrons. The number of likely N-dealkylation sites (tertiary alicyclic amines) is 1. The highest BCUT2D eigenvalue weighted by atomic mass is 32.1. The van der Waals surface area contributed by atoms with E-state index < -0.39 is 47.5 Å². The number of halogens is 1. The van der Waals surface area contributed by atoms with Crippen molar-refractivity contribution >= 4 is 46.1 Å². The van der Waals surface area contributed by atoms with Gasteiger partial charge in [-0.2, -0.15) is 0 Å². The number of nitrogens with one attached hydrogen (secondary N) is 2. The van der Waals surface area contributed by atoms with E-state index in [1.54, 1.807) is 25.3 Å². The van der Waals surface area contributed by atoms with Crippen LogP contribution in [-0.4, -0.2) is 118 Å². The van der Waals surface area contributed by atoms with E-state index >= 15 is 0 Å². The molecular formula is C46H61FN8O6S. The van der Waals surface area contributed by atoms with E-state index in [-0.39, 0.29) is 57.0 Å². The van der Waals surface area contributed by atoms with Gasteiger partial charge in [0.2, 0.25) is 5.91 Å². The molecular weight excluding hydrogens is 812 g/mol. The van der Waals surface area contributed by atoms with Gasteiger partial charge in [-0.15, -0.1) is 11.3 Å². The molecule has 0 radical (unpaired) electrons. The molecule has 0 saturated carbocycles. The molecule has 3 aliphatic heterocycles. The zero-order valence-corrected chi connectivity index (χ0v) is 38.0. The molecule has 6 bridgehead atoms. The third kappa shape index (κ3) is 9.37. The number of cyclic esters (lactones) is 1. The van der Waals surface area contributed by atoms with E-state index in [1.807, 2.05) is 32.2 Å². The van der Waals surface area contributed by atoms with Gasteiger partial charge in [0.25, 0.3) is 5.91 Å². The Morgan fingerprint density at radius 3 is 2.60 bits per heavy atom. The number of methoxy groups -OCH3 is 1. The van der Waals surface area contributed by atoms with Gasteiger partial charge in [-0.3, -0.25) is 24.4 Å². The highest BCUT2D eigenvalue weighted by Gasteiger charge is 2.39. The maximum Gasteiger partial charge on any atom is 0.324 e. The third-order valence-electron chi connectivity index (χ3n) is 12.5. The average molecular weight is 873 g/mol. The van der Waals surface area contributed by atoms with E-state index in [9.17, 15) is 23.6 Å². The number of fused-ring (bicyclic) bond motifs is 6. The number of amides is 4. The normalized spacial score (nSPS) is 21.1. The lowest BCUT2D eigenvalue weighted by atomic mass is 9.84. The van der Waals surface area contributed by atoms with E-state index in [4.69, 9.17) is 19.4 Å². The number of benzene rings is 1. The highest BCUT2D eigenvalue weighted by Crippen LogP contribution is 2.42. The molecule has 4 amide bonds. The van der Waals surface area contributed by atoms with Crippen LogP contribution in [0.4, 0.5) is 9.18 Å². The summed E-state index contributed by atoms with van der Waals surface area (Å²) >= 11 is 1.40. The molecule has 6 heterocycles. The highest BCUT2D eigenvalue weighted by molar-refractivity contribution is 7.10. The number of rotatable bonds is 8. The van der Waals surface area contributed by atoms with Gasteiger partial charge in [0.15, 0.2) is 0 Å². The van der Waals surface area contributed by atoms with E-state index in [1.165, 1.54) is 21.2 Å². The number of urea groups is 1. The number of hydrogen-bond acceptors (Lipinski definition) is 10. The lowest BCUT2D eigenvalue weighted by Crippen LogP contribution is -2.62. The average Bonchev–Trinajstić information content (AvgIpc) is 3.85. The number of carbonyl (C=O) groups is 4. The Labute approximate surface area is 367 Å². The fourth-order valence-corrected chi connectivity index (χ4v) is 9.98. The smallest absolute Gasteiger partial charge is 0.324 e. The van der Waals surface area contributed by atoms with Crippen LogP contribution in [0.2, 0.25) is 0 Å². The van der Waals surface area contributed by atoms with Gasteiger partial charge in [0.05, 0.1) is 34.8 Å². The number of carbonyl (C=O) groups excluding carboxylic acids is 4. The fourth-order valence-electron chi connectivity index (χ4n) is 9.13. The molecule has 14 nitrogen and oxygen atoms in total. The number of hydrogen-bond donors (Lipinski definition) is 2. The Bertz CT molecular complexity index is 2290. The fraction of sp³-hybridized carbons (Fsp3) is 0.565. The summed E-state index contributed by atoms with van der Waals surface area (Å²) in [6.45, 7) is 13.7. The number of aryl methyl sites for hydroxylation is 1. The molecule has 2 N–H and O–H groups in total. The third-order valence-corrected chi connectivity index (χ3v) is 13.3. The first-order chi connectivity index (χ1) is 29.6. The van der Waals surface area contributed by atoms with Crippen LogP contribution in [0, 0.1) is 11.3 Å². The summed E-state index contributed by atoms with van der Waals surface area (Å²) in [5, 5.41) is 8.06. The second kappa shape index (κ2) is 18.8. The topological polar surface area (TPSA) is 151 Å². The first-order valence-electron chi connectivity index (χ1n) is 21.9. The summed E-state index contributed by atoms with van der Waals surface area (Å²) in [7, 11) is 3.26. The molecule has 4 atom stereocenters. The van der Waals surface area contributed by atoms with Crippen LogP contribution in [0.5, 0.6) is 0 Å². The predicted molar refractivity (Wildman–Crippen MR) is 237 cm³/mol. The van der Waals surface area contributed by atoms with Crippen LogP contribution in [-0.2, 0) is 43.2 Å². The number of hydrazine groups is 1. The summed E-state index contributed by atoms with van der Waals surface area (Å²) in [6.07, 6.45) is 2.75. The molecule has 3 aromatic heterocycles. The van der Waals surface area contributed by atoms with Crippen LogP contribution in [0.1, 0.15) is 89.6 Å². The Morgan fingerprint density at radius 2 is 1.89 bits per heavy atom. The van der Waals surface area contributed by atoms with Crippen LogP contribution >= 0.6 is 11.3 Å². The van der Waals surface area contributed by atoms with Crippen molar-refractivity contribution in [2.75, 3.05) is 40.4 Å². The summed E-state index contributed by atoms with van der Waals surface area (Å²) in [5.74, 6) is -1.68. The molecule has 3 aliphatic rings. The molecule has 16 heteroatoms. The first-order valence-corrected chi connectivity index (χ1v) is 22.8. The van der Waals surface area contributed by atoms with E-state index in [2.05, 4.69) is 60.3 Å². The van der Waals surface area contributed by atoms with Gasteiger partial charge in [0, 0.05) is 85.8 Å². The van der Waals surface area contributed by atoms with E-state index in [0.29, 0.717) is 37.4 Å². The van der Waals surface area contributed by atoms with Crippen molar-refractivity contribution < 1.29 is 33.0 Å². The van der Waals surface area contributed by atoms with Gasteiger partial charge < -0.3 is 29.2 Å². The molecule has 7 rings (SSSR count). The maximum absolute atomic E-state index is 14.5. The summed E-state index contributed by atoms with van der Waals surface area (Å²) in [6, 6.07) is 7.26. The molecule has 4 aromatic rings. The molecule has 1 aromatic carbocycles. The quantitative estimate of drug-likeness (QED) is 0.184. The van der Waals surface area contributed by atoms with Crippen molar-refractivity contribution in [2.24, 2.45) is 11.3 Å². The number of thiazole rings is 1. The monoisotopic (exact) mass is 872 g/mol. The number of pyridine rings is 1. The number of nitrogens with zero attached hydrogens (tertiary/aromatic N) is 6. The van der Waals surface area contributed by atoms with Gasteiger partial charge in [0.1, 0.15) is 24.3 Å². The van der Waals surface area contributed by atoms with Gasteiger partial charge in [-0.05, 0) is 81.7 Å². The van der Waals surface area contributed by atoms with Crippen LogP contribution in [0.25, 0.3) is 33.4 Å². The zero-order valence-electron chi connectivity index (χ0n) is 37.2. The van der Waals surface area contributed by atoms with Crippen LogP contribution < -0.4 is 10.7 Å². The van der Waals surface area contributed by atoms with Crippen molar-refractivity contribution in [3.63, 3.8) is 0 Å². The molecule has 62 heavy (non-hydrogen) atoms. The summed E-state index contributed by atoms with van der Waals surface area (Å²) in [4.78, 5) is 69.1. The standard InChI is InChI=1S/C46H61FN8O6S/c1-9-54-37-15-14-29-22-32(37)33(41(54)31-12-10-18-48-39(31)28(4)60-8)24-46(5,6)26-61-44(58)34-13-11-19-55(51-34)43(57)35(23-38-49-36(29)25-62-38)50-42(56)40(27(2)3)52(7)45(59)53-20-16-30(47)17-21-53/h10,12,14-15,18,22,25,27-28,30,34-35,40,51H,9,11,13,16-17,19-21,23-24,26H2,1-8H3,(H,50,56)/t28-,34-,35-,40-/m0/s1. The maximum atomic E-state index is 14.5. The van der Waals surface area contributed by atoms with Crippen LogP contribution in [0.3, 0.4) is 0 Å². The van der Waals surface area contributed by atoms with Crippen molar-refractivity contribution in [3.05, 3.63) is 58.2 Å². The van der Waals surface area contributed by atoms with Crippen molar-refractivity contribution in [1.29, 1.82) is 0 Å². The number of likely N-dealkylation sites (N-methyl/N-ethyl adjacent to an activating group) is 1. The Kier molecular flexibility index (Phi) is 13.7. The number of piperidine rings is 1. The van der Waals surface area contributed by atoms with Gasteiger partial charge >= 0.3 is 12.0 Å². The molecule has 2 saturated heterocycles. The summed E-state index contributed by atoms with van der Waals surface area (Å²) in [5.41, 5.74) is 9.25. The minimum absolute atomic E-state index is 0.0779. The van der Waals surface area contributed by atoms with Crippen molar-refractivity contribution in [2.45, 2.75) is 117 Å². The largest absolute Gasteiger partial charge is 0.464 e. The zero-order chi connectivity index (χ0) is 44.5. The van der Waals surface area contributed by atoms with Gasteiger partial charge in [-0.25, -0.2) is 19.6 Å². The Hall–Kier alpha value is -4.93. The molecule has 0 spiro atoms. The SMILES string of the molecule is CCn1c(-c2cccnc2[C@H](C)OC)c2c3cc(ccc31)-c1csc(n1)C[C@H](NC(=O)[C@H](C(C)C)N(C)C(=O)N1CCC(F)CC1)C(=O)N1CCC[C@H](N1)C(=O)OCC(C)(C)C2. The molecule has 0 unspecified atom stereocenters. The van der Waals surface area contributed by atoms with E-state index in [0.717, 1.165) is 44.7 Å². The molecule has 2 fully saturated rings. The number of esters is 1. The van der Waals surface area contributed by atoms with Crippen LogP contribution in [0.15, 0.2) is 41.9 Å².